The summed E-state index contributed by atoms with van der Waals surface area (Å²) in [6.45, 7) is 2.00. The van der Waals surface area contributed by atoms with Gasteiger partial charge in [-0.1, -0.05) is 0 Å². The van der Waals surface area contributed by atoms with Crippen molar-refractivity contribution in [3.05, 3.63) is 0 Å². The Balaban J connectivity index is 0.000000122. The van der Waals surface area contributed by atoms with Crippen molar-refractivity contribution in [1.82, 2.24) is 0 Å². The number of hydrogen-bond acceptors (Lipinski definition) is 4. The Morgan fingerprint density at radius 3 is 1.25 bits per heavy atom. The molecule has 0 saturated carbocycles. The van der Waals surface area contributed by atoms with Crippen LogP contribution in [0.1, 0.15) is 6.42 Å². The van der Waals surface area contributed by atoms with Crippen LogP contribution in [-0.2, 0) is 4.74 Å². The molecule has 1 heterocycles. The summed E-state index contributed by atoms with van der Waals surface area (Å²) in [5.74, 6) is 0. The predicted octanol–water partition coefficient (Wildman–Crippen LogP) is -2.30. The molecule has 1 saturated heterocycles. The van der Waals surface area contributed by atoms with Crippen LogP contribution in [-0.4, -0.2) is 13.2 Å². The van der Waals surface area contributed by atoms with Crippen LogP contribution in [0.25, 0.3) is 0 Å². The Morgan fingerprint density at radius 1 is 1.12 bits per heavy atom. The molecule has 0 N–H and O–H groups in total. The third kappa shape index (κ3) is 9.55. The molecule has 5 heteroatoms. The van der Waals surface area contributed by atoms with Gasteiger partial charge in [-0.15, -0.1) is 0 Å². The van der Waals surface area contributed by atoms with Crippen LogP contribution in [0, 0.1) is 0 Å². The monoisotopic (exact) mass is 137 g/mol. The molecule has 0 aromatic rings. The van der Waals surface area contributed by atoms with E-state index in [1.54, 1.807) is 0 Å². The van der Waals surface area contributed by atoms with Gasteiger partial charge in [0.1, 0.15) is 0 Å². The standard InChI is InChI=1S/C3H6O.O3P/c1-2-4-3-1;1-4(2)3/h1-3H2;/q;-3. The van der Waals surface area contributed by atoms with E-state index in [0.717, 1.165) is 13.2 Å². The van der Waals surface area contributed by atoms with Gasteiger partial charge in [0, 0.05) is 13.2 Å². The molecule has 1 fully saturated rings. The van der Waals surface area contributed by atoms with Crippen LogP contribution < -0.4 is 14.7 Å². The second-order valence-electron chi connectivity index (χ2n) is 1.19. The fourth-order valence-electron chi connectivity index (χ4n) is 0.144. The summed E-state index contributed by atoms with van der Waals surface area (Å²) in [6, 6.07) is 0. The van der Waals surface area contributed by atoms with E-state index in [0.29, 0.717) is 0 Å². The highest BCUT2D eigenvalue weighted by molar-refractivity contribution is 7.33. The molecule has 1 aliphatic heterocycles. The lowest BCUT2D eigenvalue weighted by Gasteiger charge is -2.39. The molecule has 0 atom stereocenters. The highest BCUT2D eigenvalue weighted by Crippen LogP contribution is 1.93. The van der Waals surface area contributed by atoms with Crippen LogP contribution in [0.4, 0.5) is 0 Å². The molecule has 8 heavy (non-hydrogen) atoms. The van der Waals surface area contributed by atoms with Gasteiger partial charge in [0.25, 0.3) is 0 Å². The highest BCUT2D eigenvalue weighted by atomic mass is 31.2. The predicted molar refractivity (Wildman–Crippen MR) is 22.4 cm³/mol. The summed E-state index contributed by atoms with van der Waals surface area (Å²) in [7, 11) is -3.37. The van der Waals surface area contributed by atoms with Gasteiger partial charge in [0.05, 0.1) is 0 Å². The van der Waals surface area contributed by atoms with E-state index in [1.807, 2.05) is 0 Å². The molecular weight excluding hydrogens is 131 g/mol. The lowest BCUT2D eigenvalue weighted by molar-refractivity contribution is -0.407. The molecular formula is C3H6O4P-3. The van der Waals surface area contributed by atoms with Crippen molar-refractivity contribution in [1.29, 1.82) is 0 Å². The summed E-state index contributed by atoms with van der Waals surface area (Å²) in [6.07, 6.45) is 1.28. The minimum absolute atomic E-state index is 1.00. The van der Waals surface area contributed by atoms with Crippen molar-refractivity contribution >= 4 is 8.60 Å². The van der Waals surface area contributed by atoms with Crippen molar-refractivity contribution in [2.45, 2.75) is 6.42 Å². The Hall–Kier alpha value is 0.270. The molecule has 50 valence electrons. The van der Waals surface area contributed by atoms with Crippen molar-refractivity contribution in [3.8, 4) is 0 Å². The Bertz CT molecular complexity index is 37.8. The maximum absolute atomic E-state index is 8.48. The van der Waals surface area contributed by atoms with Gasteiger partial charge in [-0.3, -0.25) is 0 Å². The van der Waals surface area contributed by atoms with Crippen LogP contribution in [0.15, 0.2) is 0 Å². The fraction of sp³-hybridized carbons (Fsp3) is 1.00. The molecule has 0 bridgehead atoms. The molecule has 1 aliphatic rings. The minimum atomic E-state index is -3.37. The van der Waals surface area contributed by atoms with Crippen LogP contribution in [0.3, 0.4) is 0 Å². The first-order valence-corrected chi connectivity index (χ1v) is 3.22. The lowest BCUT2D eigenvalue weighted by Crippen LogP contribution is -2.18. The maximum atomic E-state index is 8.48. The Kier molecular flexibility index (Phi) is 5.59. The van der Waals surface area contributed by atoms with Crippen LogP contribution in [0.2, 0.25) is 0 Å². The molecule has 0 aromatic carbocycles. The second kappa shape index (κ2) is 5.41. The molecule has 0 aromatic heterocycles. The highest BCUT2D eigenvalue weighted by Gasteiger charge is 1.94. The molecule has 1 rings (SSSR count). The normalized spacial score (nSPS) is 16.5. The Labute approximate surface area is 48.7 Å². The quantitative estimate of drug-likeness (QED) is 0.352. The van der Waals surface area contributed by atoms with E-state index >= 15 is 0 Å². The number of hydrogen-bond donors (Lipinski definition) is 0. The van der Waals surface area contributed by atoms with E-state index in [-0.39, 0.29) is 0 Å². The van der Waals surface area contributed by atoms with Crippen LogP contribution >= 0.6 is 8.60 Å². The lowest BCUT2D eigenvalue weighted by atomic mass is 10.4. The summed E-state index contributed by atoms with van der Waals surface area (Å²) < 4.78 is 4.72. The van der Waals surface area contributed by atoms with E-state index in [4.69, 9.17) is 19.4 Å². The van der Waals surface area contributed by atoms with Gasteiger partial charge >= 0.3 is 0 Å². The minimum Gasteiger partial charge on any atom is -0.854 e. The van der Waals surface area contributed by atoms with Crippen molar-refractivity contribution in [2.75, 3.05) is 13.2 Å². The summed E-state index contributed by atoms with van der Waals surface area (Å²) in [5, 5.41) is 0. The largest absolute Gasteiger partial charge is 0.854 e. The number of rotatable bonds is 0. The molecule has 0 unspecified atom stereocenters. The molecule has 4 nitrogen and oxygen atoms in total. The van der Waals surface area contributed by atoms with Gasteiger partial charge in [-0.2, -0.15) is 0 Å². The first-order chi connectivity index (χ1) is 3.73. The van der Waals surface area contributed by atoms with E-state index in [9.17, 15) is 0 Å². The van der Waals surface area contributed by atoms with E-state index in [2.05, 4.69) is 0 Å². The van der Waals surface area contributed by atoms with E-state index < -0.39 is 8.60 Å². The smallest absolute Gasteiger partial charge is 0.0488 e. The fourth-order valence-corrected chi connectivity index (χ4v) is 0.144. The molecule has 0 spiro atoms. The third-order valence-corrected chi connectivity index (χ3v) is 0.577. The van der Waals surface area contributed by atoms with Crippen molar-refractivity contribution in [2.24, 2.45) is 0 Å². The zero-order chi connectivity index (χ0) is 6.41. The topological polar surface area (TPSA) is 78.4 Å². The van der Waals surface area contributed by atoms with Crippen LogP contribution in [0.5, 0.6) is 0 Å². The molecule has 0 radical (unpaired) electrons. The summed E-state index contributed by atoms with van der Waals surface area (Å²) in [5.41, 5.74) is 0. The second-order valence-corrected chi connectivity index (χ2v) is 1.64. The first-order valence-electron chi connectivity index (χ1n) is 2.13. The molecule has 0 amide bonds. The van der Waals surface area contributed by atoms with Gasteiger partial charge < -0.3 is 28.0 Å². The van der Waals surface area contributed by atoms with Gasteiger partial charge in [-0.05, 0) is 6.42 Å². The van der Waals surface area contributed by atoms with E-state index in [1.165, 1.54) is 6.42 Å². The Morgan fingerprint density at radius 2 is 1.25 bits per heavy atom. The zero-order valence-corrected chi connectivity index (χ0v) is 5.10. The van der Waals surface area contributed by atoms with Gasteiger partial charge in [-0.25, -0.2) is 0 Å². The number of ether oxygens (including phenoxy) is 1. The SMILES string of the molecule is C1COC1.[O-]P([O-])[O-]. The molecule has 0 aliphatic carbocycles. The van der Waals surface area contributed by atoms with Crippen molar-refractivity contribution in [3.63, 3.8) is 0 Å². The summed E-state index contributed by atoms with van der Waals surface area (Å²) >= 11 is 0. The van der Waals surface area contributed by atoms with Gasteiger partial charge in [0.2, 0.25) is 0 Å². The average Bonchev–Trinajstić information content (AvgIpc) is 1.19. The van der Waals surface area contributed by atoms with Gasteiger partial charge in [0.15, 0.2) is 0 Å². The van der Waals surface area contributed by atoms with Crippen molar-refractivity contribution < 1.29 is 19.4 Å². The maximum Gasteiger partial charge on any atom is 0.0488 e. The zero-order valence-electron chi connectivity index (χ0n) is 4.20. The average molecular weight is 137 g/mol. The first kappa shape index (κ1) is 8.27. The third-order valence-electron chi connectivity index (χ3n) is 0.577. The summed E-state index contributed by atoms with van der Waals surface area (Å²) in [4.78, 5) is 25.4.